The number of nitrogens with zero attached hydrogens (tertiary/aromatic N) is 1. The molecule has 0 radical (unpaired) electrons. The maximum atomic E-state index is 12.6. The van der Waals surface area contributed by atoms with Crippen molar-refractivity contribution in [2.75, 3.05) is 31.6 Å². The molecule has 2 amide bonds. The molecule has 148 valence electrons. The number of hydrogen-bond acceptors (Lipinski definition) is 6. The summed E-state index contributed by atoms with van der Waals surface area (Å²) < 4.78 is 11.4. The number of ketones is 1. The third-order valence-electron chi connectivity index (χ3n) is 4.93. The summed E-state index contributed by atoms with van der Waals surface area (Å²) in [6, 6.07) is 11.1. The Balaban J connectivity index is 1.20. The first-order valence-electron chi connectivity index (χ1n) is 9.42. The van der Waals surface area contributed by atoms with Crippen LogP contribution in [0.25, 0.3) is 0 Å². The van der Waals surface area contributed by atoms with Crippen molar-refractivity contribution in [1.82, 2.24) is 10.2 Å². The topological polar surface area (TPSA) is 79.9 Å². The number of para-hydroxylation sites is 2. The summed E-state index contributed by atoms with van der Waals surface area (Å²) in [5, 5.41) is 8.59. The van der Waals surface area contributed by atoms with E-state index in [0.717, 1.165) is 30.9 Å². The van der Waals surface area contributed by atoms with Gasteiger partial charge in [-0.3, -0.25) is 15.0 Å². The lowest BCUT2D eigenvalue weighted by atomic mass is 10.0. The smallest absolute Gasteiger partial charge is 0.320 e. The SMILES string of the molecule is O=C(Nc1cccs1)NC1CCN(CC(=O)C2COc3ccccc3O2)CC1. The first-order chi connectivity index (χ1) is 13.7. The number of Topliss-reactive ketones (excluding diaryl/α,β-unsaturated/α-hetero) is 1. The summed E-state index contributed by atoms with van der Waals surface area (Å²) in [6.07, 6.45) is 1.06. The molecule has 1 aromatic carbocycles. The number of carbonyl (C=O) groups is 2. The quantitative estimate of drug-likeness (QED) is 0.805. The van der Waals surface area contributed by atoms with Crippen molar-refractivity contribution < 1.29 is 19.1 Å². The number of rotatable bonds is 5. The molecule has 0 bridgehead atoms. The molecule has 1 fully saturated rings. The second-order valence-electron chi connectivity index (χ2n) is 6.96. The van der Waals surface area contributed by atoms with Crippen molar-refractivity contribution in [3.8, 4) is 11.5 Å². The molecule has 2 aliphatic rings. The van der Waals surface area contributed by atoms with Gasteiger partial charge in [-0.25, -0.2) is 4.79 Å². The molecule has 7 nitrogen and oxygen atoms in total. The number of amides is 2. The highest BCUT2D eigenvalue weighted by molar-refractivity contribution is 7.14. The Morgan fingerprint density at radius 2 is 1.89 bits per heavy atom. The number of nitrogens with one attached hydrogen (secondary N) is 2. The summed E-state index contributed by atoms with van der Waals surface area (Å²) in [5.74, 6) is 1.32. The average Bonchev–Trinajstić information content (AvgIpc) is 3.22. The molecule has 1 unspecified atom stereocenters. The lowest BCUT2D eigenvalue weighted by Crippen LogP contribution is -2.49. The number of thiophene rings is 1. The molecule has 2 aliphatic heterocycles. The van der Waals surface area contributed by atoms with E-state index in [0.29, 0.717) is 18.0 Å². The number of benzene rings is 1. The molecule has 28 heavy (non-hydrogen) atoms. The Morgan fingerprint density at radius 3 is 2.64 bits per heavy atom. The summed E-state index contributed by atoms with van der Waals surface area (Å²) in [4.78, 5) is 26.7. The van der Waals surface area contributed by atoms with Crippen LogP contribution in [0.4, 0.5) is 9.80 Å². The van der Waals surface area contributed by atoms with Gasteiger partial charge in [-0.2, -0.15) is 0 Å². The summed E-state index contributed by atoms with van der Waals surface area (Å²) in [6.45, 7) is 2.11. The minimum atomic E-state index is -0.567. The van der Waals surface area contributed by atoms with E-state index in [1.54, 1.807) is 0 Å². The Hall–Kier alpha value is -2.58. The number of anilines is 1. The fourth-order valence-corrected chi connectivity index (χ4v) is 4.03. The molecule has 4 rings (SSSR count). The summed E-state index contributed by atoms with van der Waals surface area (Å²) in [7, 11) is 0. The monoisotopic (exact) mass is 401 g/mol. The highest BCUT2D eigenvalue weighted by Gasteiger charge is 2.30. The number of carbonyl (C=O) groups excluding carboxylic acids is 2. The van der Waals surface area contributed by atoms with Gasteiger partial charge in [0.25, 0.3) is 0 Å². The van der Waals surface area contributed by atoms with Gasteiger partial charge in [0.2, 0.25) is 0 Å². The van der Waals surface area contributed by atoms with Gasteiger partial charge in [0.15, 0.2) is 23.4 Å². The lowest BCUT2D eigenvalue weighted by molar-refractivity contribution is -0.129. The molecule has 8 heteroatoms. The van der Waals surface area contributed by atoms with Crippen LogP contribution >= 0.6 is 11.3 Å². The fraction of sp³-hybridized carbons (Fsp3) is 0.400. The van der Waals surface area contributed by atoms with Gasteiger partial charge < -0.3 is 14.8 Å². The molecule has 2 N–H and O–H groups in total. The van der Waals surface area contributed by atoms with Crippen LogP contribution in [0.3, 0.4) is 0 Å². The molecular weight excluding hydrogens is 378 g/mol. The van der Waals surface area contributed by atoms with Crippen LogP contribution in [0.2, 0.25) is 0 Å². The van der Waals surface area contributed by atoms with Gasteiger partial charge in [-0.15, -0.1) is 11.3 Å². The van der Waals surface area contributed by atoms with Crippen LogP contribution in [0.15, 0.2) is 41.8 Å². The summed E-state index contributed by atoms with van der Waals surface area (Å²) >= 11 is 1.49. The van der Waals surface area contributed by atoms with E-state index in [-0.39, 0.29) is 24.5 Å². The van der Waals surface area contributed by atoms with Crippen LogP contribution in [0, 0.1) is 0 Å². The Kier molecular flexibility index (Phi) is 5.78. The molecule has 3 heterocycles. The van der Waals surface area contributed by atoms with E-state index in [4.69, 9.17) is 9.47 Å². The first kappa shape index (κ1) is 18.8. The first-order valence-corrected chi connectivity index (χ1v) is 10.3. The van der Waals surface area contributed by atoms with Crippen LogP contribution in [0.1, 0.15) is 12.8 Å². The zero-order chi connectivity index (χ0) is 19.3. The molecule has 0 aliphatic carbocycles. The van der Waals surface area contributed by atoms with Crippen LogP contribution in [0.5, 0.6) is 11.5 Å². The van der Waals surface area contributed by atoms with Gasteiger partial charge in [0, 0.05) is 19.1 Å². The van der Waals surface area contributed by atoms with E-state index in [1.807, 2.05) is 41.8 Å². The largest absolute Gasteiger partial charge is 0.485 e. The van der Waals surface area contributed by atoms with Crippen LogP contribution < -0.4 is 20.1 Å². The predicted molar refractivity (Wildman–Crippen MR) is 107 cm³/mol. The van der Waals surface area contributed by atoms with E-state index >= 15 is 0 Å². The van der Waals surface area contributed by atoms with Crippen molar-refractivity contribution >= 4 is 28.2 Å². The van der Waals surface area contributed by atoms with Gasteiger partial charge in [-0.05, 0) is 42.5 Å². The van der Waals surface area contributed by atoms with Crippen molar-refractivity contribution in [2.45, 2.75) is 25.0 Å². The Labute approximate surface area is 167 Å². The number of ether oxygens (including phenoxy) is 2. The molecule has 2 aromatic rings. The Bertz CT molecular complexity index is 819. The van der Waals surface area contributed by atoms with Crippen molar-refractivity contribution in [3.63, 3.8) is 0 Å². The van der Waals surface area contributed by atoms with E-state index < -0.39 is 6.10 Å². The van der Waals surface area contributed by atoms with Crippen LogP contribution in [-0.4, -0.2) is 55.1 Å². The third kappa shape index (κ3) is 4.63. The highest BCUT2D eigenvalue weighted by Crippen LogP contribution is 2.31. The number of urea groups is 1. The predicted octanol–water partition coefficient (Wildman–Crippen LogP) is 2.74. The second kappa shape index (κ2) is 8.62. The van der Waals surface area contributed by atoms with Gasteiger partial charge in [-0.1, -0.05) is 12.1 Å². The second-order valence-corrected chi connectivity index (χ2v) is 7.90. The van der Waals surface area contributed by atoms with E-state index in [1.165, 1.54) is 11.3 Å². The molecule has 1 saturated heterocycles. The molecule has 1 aromatic heterocycles. The van der Waals surface area contributed by atoms with Gasteiger partial charge in [0.1, 0.15) is 6.61 Å². The normalized spacial score (nSPS) is 19.8. The minimum absolute atomic E-state index is 0.0244. The fourth-order valence-electron chi connectivity index (χ4n) is 3.42. The van der Waals surface area contributed by atoms with Crippen molar-refractivity contribution in [2.24, 2.45) is 0 Å². The van der Waals surface area contributed by atoms with E-state index in [2.05, 4.69) is 15.5 Å². The molecular formula is C20H23N3O4S. The number of piperidine rings is 1. The highest BCUT2D eigenvalue weighted by atomic mass is 32.1. The minimum Gasteiger partial charge on any atom is -0.485 e. The summed E-state index contributed by atoms with van der Waals surface area (Å²) in [5.41, 5.74) is 0. The zero-order valence-electron chi connectivity index (χ0n) is 15.4. The third-order valence-corrected chi connectivity index (χ3v) is 5.71. The van der Waals surface area contributed by atoms with Crippen molar-refractivity contribution in [1.29, 1.82) is 0 Å². The molecule has 0 saturated carbocycles. The Morgan fingerprint density at radius 1 is 1.11 bits per heavy atom. The number of fused-ring (bicyclic) bond motifs is 1. The number of hydrogen-bond donors (Lipinski definition) is 2. The van der Waals surface area contributed by atoms with E-state index in [9.17, 15) is 9.59 Å². The zero-order valence-corrected chi connectivity index (χ0v) is 16.2. The molecule has 1 atom stereocenters. The van der Waals surface area contributed by atoms with Crippen molar-refractivity contribution in [3.05, 3.63) is 41.8 Å². The standard InChI is InChI=1S/C20H23N3O4S/c24-15(18-13-26-16-4-1-2-5-17(16)27-18)12-23-9-7-14(8-10-23)21-20(25)22-19-6-3-11-28-19/h1-6,11,14,18H,7-10,12-13H2,(H2,21,22,25). The maximum absolute atomic E-state index is 12.6. The van der Waals surface area contributed by atoms with Gasteiger partial charge >= 0.3 is 6.03 Å². The molecule has 0 spiro atoms. The van der Waals surface area contributed by atoms with Crippen LogP contribution in [-0.2, 0) is 4.79 Å². The maximum Gasteiger partial charge on any atom is 0.320 e. The lowest BCUT2D eigenvalue weighted by Gasteiger charge is -2.33. The van der Waals surface area contributed by atoms with Gasteiger partial charge in [0.05, 0.1) is 11.5 Å². The average molecular weight is 401 g/mol. The number of likely N-dealkylation sites (tertiary alicyclic amines) is 1.